The maximum absolute atomic E-state index is 11.2. The summed E-state index contributed by atoms with van der Waals surface area (Å²) in [5.74, 6) is -0.340. The van der Waals surface area contributed by atoms with Gasteiger partial charge < -0.3 is 15.0 Å². The summed E-state index contributed by atoms with van der Waals surface area (Å²) in [4.78, 5) is 11.2. The Morgan fingerprint density at radius 2 is 2.00 bits per heavy atom. The molecule has 1 rings (SSSR count). The summed E-state index contributed by atoms with van der Waals surface area (Å²) in [6, 6.07) is 2.06. The molecule has 0 bridgehead atoms. The third-order valence-electron chi connectivity index (χ3n) is 3.09. The smallest absolute Gasteiger partial charge is 0.322 e. The number of carbonyl (C=O) groups excluding carboxylic acids is 1. The second-order valence-corrected chi connectivity index (χ2v) is 5.07. The van der Waals surface area contributed by atoms with Gasteiger partial charge in [0.2, 0.25) is 0 Å². The van der Waals surface area contributed by atoms with Crippen LogP contribution in [0, 0.1) is 13.8 Å². The predicted octanol–water partition coefficient (Wildman–Crippen LogP) is 2.12. The maximum atomic E-state index is 11.2. The Hall–Kier alpha value is -1.29. The molecule has 0 saturated heterocycles. The van der Waals surface area contributed by atoms with Crippen LogP contribution in [-0.2, 0) is 16.0 Å². The van der Waals surface area contributed by atoms with E-state index < -0.39 is 6.04 Å². The van der Waals surface area contributed by atoms with Gasteiger partial charge in [-0.3, -0.25) is 4.79 Å². The van der Waals surface area contributed by atoms with Crippen molar-refractivity contribution in [3.63, 3.8) is 0 Å². The molecule has 0 saturated carbocycles. The summed E-state index contributed by atoms with van der Waals surface area (Å²) < 4.78 is 7.39. The third-order valence-corrected chi connectivity index (χ3v) is 3.09. The topological polar surface area (TPSA) is 57.2 Å². The minimum absolute atomic E-state index is 0.340. The molecule has 1 heterocycles. The van der Waals surface area contributed by atoms with E-state index in [-0.39, 0.29) is 5.97 Å². The van der Waals surface area contributed by atoms with Crippen LogP contribution in [0.1, 0.15) is 43.8 Å². The number of carbonyl (C=O) groups is 1. The average molecular weight is 252 g/mol. The summed E-state index contributed by atoms with van der Waals surface area (Å²) in [7, 11) is 0. The number of aromatic nitrogens is 1. The first-order chi connectivity index (χ1) is 8.34. The van der Waals surface area contributed by atoms with Crippen LogP contribution in [0.15, 0.2) is 6.07 Å². The molecular formula is C14H24N2O2. The van der Waals surface area contributed by atoms with Gasteiger partial charge in [0.15, 0.2) is 0 Å². The number of rotatable bonds is 5. The Labute approximate surface area is 109 Å². The van der Waals surface area contributed by atoms with Crippen LogP contribution in [0.25, 0.3) is 0 Å². The SMILES string of the molecule is Cc1cc(CCOC(=O)C(C)N)c(C)n1C(C)C. The van der Waals surface area contributed by atoms with Crippen molar-refractivity contribution in [2.24, 2.45) is 5.73 Å². The zero-order chi connectivity index (χ0) is 13.9. The first kappa shape index (κ1) is 14.8. The minimum atomic E-state index is -0.548. The third kappa shape index (κ3) is 3.35. The van der Waals surface area contributed by atoms with Gasteiger partial charge in [0.25, 0.3) is 0 Å². The lowest BCUT2D eigenvalue weighted by Gasteiger charge is -2.14. The summed E-state index contributed by atoms with van der Waals surface area (Å²) in [5, 5.41) is 0. The van der Waals surface area contributed by atoms with E-state index in [1.165, 1.54) is 17.0 Å². The van der Waals surface area contributed by atoms with Crippen molar-refractivity contribution >= 4 is 5.97 Å². The number of aryl methyl sites for hydroxylation is 1. The predicted molar refractivity (Wildman–Crippen MR) is 72.6 cm³/mol. The molecule has 1 aromatic heterocycles. The van der Waals surface area contributed by atoms with Crippen molar-refractivity contribution < 1.29 is 9.53 Å². The molecule has 0 aromatic carbocycles. The highest BCUT2D eigenvalue weighted by Crippen LogP contribution is 2.20. The molecule has 0 spiro atoms. The normalized spacial score (nSPS) is 12.8. The van der Waals surface area contributed by atoms with Crippen molar-refractivity contribution in [1.29, 1.82) is 0 Å². The molecule has 0 aliphatic rings. The fourth-order valence-electron chi connectivity index (χ4n) is 2.29. The van der Waals surface area contributed by atoms with E-state index in [4.69, 9.17) is 10.5 Å². The van der Waals surface area contributed by atoms with Crippen LogP contribution < -0.4 is 5.73 Å². The molecule has 102 valence electrons. The maximum Gasteiger partial charge on any atom is 0.322 e. The largest absolute Gasteiger partial charge is 0.464 e. The van der Waals surface area contributed by atoms with E-state index in [2.05, 4.69) is 38.3 Å². The van der Waals surface area contributed by atoms with E-state index in [0.29, 0.717) is 12.6 Å². The fourth-order valence-corrected chi connectivity index (χ4v) is 2.29. The summed E-state index contributed by atoms with van der Waals surface area (Å²) >= 11 is 0. The van der Waals surface area contributed by atoms with Crippen molar-refractivity contribution in [1.82, 2.24) is 4.57 Å². The standard InChI is InChI=1S/C14H24N2O2/c1-9(2)16-10(3)8-13(12(16)5)6-7-18-14(17)11(4)15/h8-9,11H,6-7,15H2,1-5H3. The second-order valence-electron chi connectivity index (χ2n) is 5.07. The number of ether oxygens (including phenoxy) is 1. The van der Waals surface area contributed by atoms with Gasteiger partial charge in [-0.2, -0.15) is 0 Å². The monoisotopic (exact) mass is 252 g/mol. The zero-order valence-electron chi connectivity index (χ0n) is 12.0. The molecule has 0 aliphatic carbocycles. The van der Waals surface area contributed by atoms with E-state index in [9.17, 15) is 4.79 Å². The van der Waals surface area contributed by atoms with Crippen LogP contribution in [0.2, 0.25) is 0 Å². The van der Waals surface area contributed by atoms with Crippen molar-refractivity contribution in [3.05, 3.63) is 23.0 Å². The molecule has 0 amide bonds. The van der Waals surface area contributed by atoms with Crippen LogP contribution in [0.5, 0.6) is 0 Å². The van der Waals surface area contributed by atoms with Crippen molar-refractivity contribution in [2.75, 3.05) is 6.61 Å². The Bertz CT molecular complexity index is 420. The number of hydrogen-bond acceptors (Lipinski definition) is 3. The molecule has 0 fully saturated rings. The molecule has 2 N–H and O–H groups in total. The van der Waals surface area contributed by atoms with Crippen molar-refractivity contribution in [3.8, 4) is 0 Å². The average Bonchev–Trinajstić information content (AvgIpc) is 2.53. The van der Waals surface area contributed by atoms with E-state index in [1.807, 2.05) is 0 Å². The van der Waals surface area contributed by atoms with E-state index in [0.717, 1.165) is 6.42 Å². The van der Waals surface area contributed by atoms with Gasteiger partial charge in [0.05, 0.1) is 6.61 Å². The lowest BCUT2D eigenvalue weighted by atomic mass is 10.2. The van der Waals surface area contributed by atoms with Gasteiger partial charge in [-0.15, -0.1) is 0 Å². The van der Waals surface area contributed by atoms with Crippen LogP contribution in [0.4, 0.5) is 0 Å². The number of hydrogen-bond donors (Lipinski definition) is 1. The first-order valence-corrected chi connectivity index (χ1v) is 6.44. The molecule has 0 aliphatic heterocycles. The quantitative estimate of drug-likeness (QED) is 0.817. The highest BCUT2D eigenvalue weighted by molar-refractivity contribution is 5.74. The lowest BCUT2D eigenvalue weighted by molar-refractivity contribution is -0.144. The molecule has 1 unspecified atom stereocenters. The van der Waals surface area contributed by atoms with Gasteiger partial charge in [0, 0.05) is 23.9 Å². The van der Waals surface area contributed by atoms with Gasteiger partial charge >= 0.3 is 5.97 Å². The van der Waals surface area contributed by atoms with Crippen LogP contribution >= 0.6 is 0 Å². The van der Waals surface area contributed by atoms with Gasteiger partial charge in [-0.05, 0) is 46.2 Å². The lowest BCUT2D eigenvalue weighted by Crippen LogP contribution is -2.29. The van der Waals surface area contributed by atoms with E-state index in [1.54, 1.807) is 6.92 Å². The van der Waals surface area contributed by atoms with Gasteiger partial charge in [0.1, 0.15) is 6.04 Å². The van der Waals surface area contributed by atoms with Crippen LogP contribution in [-0.4, -0.2) is 23.2 Å². The number of nitrogens with two attached hydrogens (primary N) is 1. The Kier molecular flexibility index (Phi) is 4.96. The van der Waals surface area contributed by atoms with Crippen LogP contribution in [0.3, 0.4) is 0 Å². The minimum Gasteiger partial charge on any atom is -0.464 e. The summed E-state index contributed by atoms with van der Waals surface area (Å²) in [6.45, 7) is 10.6. The Morgan fingerprint density at radius 3 is 2.44 bits per heavy atom. The summed E-state index contributed by atoms with van der Waals surface area (Å²) in [6.07, 6.45) is 0.741. The molecular weight excluding hydrogens is 228 g/mol. The molecule has 1 aromatic rings. The molecule has 18 heavy (non-hydrogen) atoms. The number of nitrogens with zero attached hydrogens (tertiary/aromatic N) is 1. The zero-order valence-corrected chi connectivity index (χ0v) is 12.0. The van der Waals surface area contributed by atoms with Crippen molar-refractivity contribution in [2.45, 2.75) is 53.1 Å². The molecule has 1 atom stereocenters. The Balaban J connectivity index is 2.64. The van der Waals surface area contributed by atoms with E-state index >= 15 is 0 Å². The molecule has 4 nitrogen and oxygen atoms in total. The second kappa shape index (κ2) is 6.05. The summed E-state index contributed by atoms with van der Waals surface area (Å²) in [5.41, 5.74) is 9.17. The molecule has 0 radical (unpaired) electrons. The molecule has 4 heteroatoms. The first-order valence-electron chi connectivity index (χ1n) is 6.44. The van der Waals surface area contributed by atoms with Gasteiger partial charge in [-0.25, -0.2) is 0 Å². The van der Waals surface area contributed by atoms with Gasteiger partial charge in [-0.1, -0.05) is 0 Å². The Morgan fingerprint density at radius 1 is 1.39 bits per heavy atom. The number of esters is 1. The highest BCUT2D eigenvalue weighted by atomic mass is 16.5. The highest BCUT2D eigenvalue weighted by Gasteiger charge is 2.13. The fraction of sp³-hybridized carbons (Fsp3) is 0.643.